The predicted molar refractivity (Wildman–Crippen MR) is 65.5 cm³/mol. The number of hydrogen-bond acceptors (Lipinski definition) is 5. The van der Waals surface area contributed by atoms with Gasteiger partial charge in [0.2, 0.25) is 0 Å². The first kappa shape index (κ1) is 13.0. The lowest BCUT2D eigenvalue weighted by atomic mass is 9.98. The fourth-order valence-electron chi connectivity index (χ4n) is 1.25. The highest BCUT2D eigenvalue weighted by Crippen LogP contribution is 2.24. The fourth-order valence-corrected chi connectivity index (χ4v) is 1.42. The second kappa shape index (κ2) is 5.32. The van der Waals surface area contributed by atoms with Crippen LogP contribution in [0.4, 0.5) is 11.6 Å². The first-order chi connectivity index (χ1) is 7.52. The molecule has 0 bridgehead atoms. The molecule has 1 aromatic heterocycles. The molecule has 0 atom stereocenters. The minimum atomic E-state index is -0.747. The van der Waals surface area contributed by atoms with Crippen LogP contribution in [0.3, 0.4) is 0 Å². The van der Waals surface area contributed by atoms with E-state index in [1.54, 1.807) is 0 Å². The summed E-state index contributed by atoms with van der Waals surface area (Å²) in [5.74, 6) is 0.685. The van der Waals surface area contributed by atoms with Crippen LogP contribution < -0.4 is 11.1 Å². The maximum absolute atomic E-state index is 10.1. The van der Waals surface area contributed by atoms with Crippen molar-refractivity contribution in [3.05, 3.63) is 11.3 Å². The number of rotatable bonds is 5. The second-order valence-electron chi connectivity index (χ2n) is 3.71. The van der Waals surface area contributed by atoms with Gasteiger partial charge in [0.15, 0.2) is 5.82 Å². The third kappa shape index (κ3) is 2.96. The van der Waals surface area contributed by atoms with Crippen LogP contribution in [0.2, 0.25) is 5.02 Å². The molecule has 0 amide bonds. The Morgan fingerprint density at radius 3 is 2.62 bits per heavy atom. The van der Waals surface area contributed by atoms with Crippen molar-refractivity contribution in [2.24, 2.45) is 0 Å². The molecule has 1 rings (SSSR count). The monoisotopic (exact) mass is 244 g/mol. The van der Waals surface area contributed by atoms with Gasteiger partial charge in [-0.2, -0.15) is 0 Å². The normalized spacial score (nSPS) is 11.5. The van der Waals surface area contributed by atoms with Gasteiger partial charge in [-0.15, -0.1) is 0 Å². The first-order valence-corrected chi connectivity index (χ1v) is 5.62. The molecule has 6 heteroatoms. The summed E-state index contributed by atoms with van der Waals surface area (Å²) in [4.78, 5) is 7.72. The average molecular weight is 245 g/mol. The fraction of sp³-hybridized carbons (Fsp3) is 0.600. The van der Waals surface area contributed by atoms with Crippen LogP contribution in [0.15, 0.2) is 6.33 Å². The number of aromatic nitrogens is 2. The van der Waals surface area contributed by atoms with Crippen LogP contribution in [0, 0.1) is 0 Å². The van der Waals surface area contributed by atoms with Crippen molar-refractivity contribution in [1.29, 1.82) is 0 Å². The molecule has 4 N–H and O–H groups in total. The van der Waals surface area contributed by atoms with Gasteiger partial charge >= 0.3 is 0 Å². The Morgan fingerprint density at radius 1 is 1.44 bits per heavy atom. The molecule has 0 saturated carbocycles. The first-order valence-electron chi connectivity index (χ1n) is 5.24. The molecule has 0 spiro atoms. The van der Waals surface area contributed by atoms with Gasteiger partial charge in [0, 0.05) is 6.54 Å². The van der Waals surface area contributed by atoms with E-state index in [4.69, 9.17) is 17.3 Å². The topological polar surface area (TPSA) is 84.1 Å². The molecule has 0 radical (unpaired) electrons. The minimum absolute atomic E-state index is 0.232. The number of nitrogen functional groups attached to an aromatic ring is 1. The summed E-state index contributed by atoms with van der Waals surface area (Å²) in [6, 6.07) is 0. The van der Waals surface area contributed by atoms with Crippen LogP contribution in [-0.4, -0.2) is 27.2 Å². The summed E-state index contributed by atoms with van der Waals surface area (Å²) >= 11 is 5.91. The lowest BCUT2D eigenvalue weighted by molar-refractivity contribution is 0.0456. The number of hydrogen-bond donors (Lipinski definition) is 3. The SMILES string of the molecule is CCC(O)(CC)CNc1ncnc(N)c1Cl. The van der Waals surface area contributed by atoms with Crippen LogP contribution in [0.1, 0.15) is 26.7 Å². The lowest BCUT2D eigenvalue weighted by Crippen LogP contribution is -2.35. The molecule has 90 valence electrons. The number of halogens is 1. The van der Waals surface area contributed by atoms with Crippen molar-refractivity contribution in [1.82, 2.24) is 9.97 Å². The van der Waals surface area contributed by atoms with Gasteiger partial charge in [-0.25, -0.2) is 9.97 Å². The standard InChI is InChI=1S/C10H17ClN4O/c1-3-10(16,4-2)5-13-9-7(11)8(12)14-6-15-9/h6,16H,3-5H2,1-2H3,(H3,12,13,14,15). The Labute approximate surface area is 100 Å². The number of nitrogens with one attached hydrogen (secondary N) is 1. The molecule has 1 aromatic rings. The molecule has 1 heterocycles. The summed E-state index contributed by atoms with van der Waals surface area (Å²) in [5.41, 5.74) is 4.79. The Hall–Kier alpha value is -1.07. The summed E-state index contributed by atoms with van der Waals surface area (Å²) in [6.45, 7) is 4.25. The zero-order valence-electron chi connectivity index (χ0n) is 9.50. The van der Waals surface area contributed by atoms with E-state index in [9.17, 15) is 5.11 Å². The highest BCUT2D eigenvalue weighted by atomic mass is 35.5. The van der Waals surface area contributed by atoms with Crippen molar-refractivity contribution in [2.75, 3.05) is 17.6 Å². The van der Waals surface area contributed by atoms with E-state index in [1.807, 2.05) is 13.8 Å². The Bertz CT molecular complexity index is 355. The zero-order valence-corrected chi connectivity index (χ0v) is 10.3. The van der Waals surface area contributed by atoms with Gasteiger partial charge in [0.25, 0.3) is 0 Å². The van der Waals surface area contributed by atoms with Crippen molar-refractivity contribution < 1.29 is 5.11 Å². The van der Waals surface area contributed by atoms with Gasteiger partial charge in [0.05, 0.1) is 5.60 Å². The van der Waals surface area contributed by atoms with Crippen LogP contribution in [0.5, 0.6) is 0 Å². The highest BCUT2D eigenvalue weighted by Gasteiger charge is 2.22. The van der Waals surface area contributed by atoms with E-state index in [1.165, 1.54) is 6.33 Å². The van der Waals surface area contributed by atoms with E-state index in [2.05, 4.69) is 15.3 Å². The molecular weight excluding hydrogens is 228 g/mol. The number of aliphatic hydroxyl groups is 1. The molecule has 16 heavy (non-hydrogen) atoms. The van der Waals surface area contributed by atoms with E-state index < -0.39 is 5.60 Å². The van der Waals surface area contributed by atoms with E-state index in [0.717, 1.165) is 0 Å². The van der Waals surface area contributed by atoms with Crippen molar-refractivity contribution in [2.45, 2.75) is 32.3 Å². The third-order valence-electron chi connectivity index (χ3n) is 2.72. The summed E-state index contributed by atoms with van der Waals surface area (Å²) in [7, 11) is 0. The second-order valence-corrected chi connectivity index (χ2v) is 4.08. The average Bonchev–Trinajstić information content (AvgIpc) is 2.31. The largest absolute Gasteiger partial charge is 0.388 e. The van der Waals surface area contributed by atoms with Gasteiger partial charge < -0.3 is 16.2 Å². The van der Waals surface area contributed by atoms with Gasteiger partial charge in [-0.1, -0.05) is 25.4 Å². The molecule has 0 unspecified atom stereocenters. The summed E-state index contributed by atoms with van der Waals surface area (Å²) in [5, 5.41) is 13.3. The van der Waals surface area contributed by atoms with Gasteiger partial charge in [0.1, 0.15) is 17.2 Å². The van der Waals surface area contributed by atoms with E-state index in [-0.39, 0.29) is 10.8 Å². The zero-order chi connectivity index (χ0) is 12.2. The third-order valence-corrected chi connectivity index (χ3v) is 3.09. The number of nitrogens with two attached hydrogens (primary N) is 1. The highest BCUT2D eigenvalue weighted by molar-refractivity contribution is 6.35. The quantitative estimate of drug-likeness (QED) is 0.734. The smallest absolute Gasteiger partial charge is 0.150 e. The Balaban J connectivity index is 2.71. The van der Waals surface area contributed by atoms with Crippen LogP contribution in [0.25, 0.3) is 0 Å². The molecule has 0 saturated heterocycles. The van der Waals surface area contributed by atoms with Crippen molar-refractivity contribution in [3.63, 3.8) is 0 Å². The minimum Gasteiger partial charge on any atom is -0.388 e. The Kier molecular flexibility index (Phi) is 4.32. The predicted octanol–water partition coefficient (Wildman–Crippen LogP) is 1.68. The molecule has 0 fully saturated rings. The summed E-state index contributed by atoms with van der Waals surface area (Å²) < 4.78 is 0. The van der Waals surface area contributed by atoms with Gasteiger partial charge in [-0.3, -0.25) is 0 Å². The Morgan fingerprint density at radius 2 is 2.06 bits per heavy atom. The molecular formula is C10H17ClN4O. The molecule has 5 nitrogen and oxygen atoms in total. The summed E-state index contributed by atoms with van der Waals surface area (Å²) in [6.07, 6.45) is 2.66. The van der Waals surface area contributed by atoms with Crippen LogP contribution >= 0.6 is 11.6 Å². The van der Waals surface area contributed by atoms with E-state index in [0.29, 0.717) is 25.2 Å². The van der Waals surface area contributed by atoms with Crippen LogP contribution in [-0.2, 0) is 0 Å². The lowest BCUT2D eigenvalue weighted by Gasteiger charge is -2.25. The maximum Gasteiger partial charge on any atom is 0.150 e. The molecule has 0 aliphatic heterocycles. The van der Waals surface area contributed by atoms with Crippen molar-refractivity contribution >= 4 is 23.2 Å². The number of nitrogens with zero attached hydrogens (tertiary/aromatic N) is 2. The number of anilines is 2. The molecule has 0 aliphatic carbocycles. The maximum atomic E-state index is 10.1. The van der Waals surface area contributed by atoms with Crippen molar-refractivity contribution in [3.8, 4) is 0 Å². The molecule has 0 aliphatic rings. The van der Waals surface area contributed by atoms with E-state index >= 15 is 0 Å². The van der Waals surface area contributed by atoms with Gasteiger partial charge in [-0.05, 0) is 12.8 Å². The molecule has 0 aromatic carbocycles.